The van der Waals surface area contributed by atoms with Crippen molar-refractivity contribution >= 4 is 0 Å². The van der Waals surface area contributed by atoms with Crippen molar-refractivity contribution in [1.82, 2.24) is 0 Å². The summed E-state index contributed by atoms with van der Waals surface area (Å²) in [5.41, 5.74) is 0. The van der Waals surface area contributed by atoms with E-state index in [1.807, 2.05) is 93.1 Å². The van der Waals surface area contributed by atoms with Gasteiger partial charge in [-0.1, -0.05) is 0 Å². The summed E-state index contributed by atoms with van der Waals surface area (Å²) in [7, 11) is 0. The van der Waals surface area contributed by atoms with E-state index in [9.17, 15) is 0 Å². The van der Waals surface area contributed by atoms with Crippen LogP contribution in [0.15, 0.2) is 0 Å². The summed E-state index contributed by atoms with van der Waals surface area (Å²) in [5, 5.41) is 0. The normalized spacial score (nSPS) is 4.00. The molecule has 0 N–H and O–H groups in total. The van der Waals surface area contributed by atoms with Gasteiger partial charge in [0.1, 0.15) is 0 Å². The zero-order valence-electron chi connectivity index (χ0n) is 1.76. The van der Waals surface area contributed by atoms with Crippen LogP contribution in [-0.2, 0) is 0 Å². The molecule has 0 fully saturated rings. The van der Waals surface area contributed by atoms with E-state index in [1.165, 1.54) is 0 Å². The third kappa shape index (κ3) is 4.70. The van der Waals surface area contributed by atoms with Crippen LogP contribution in [0.3, 0.4) is 0 Å². The van der Waals surface area contributed by atoms with Gasteiger partial charge in [0.15, 0.2) is 0 Å². The molecular formula is C2H2Xe2. The summed E-state index contributed by atoms with van der Waals surface area (Å²) in [5.74, 6) is 0. The monoisotopic (exact) mass is 290 g/mol. The number of hydrogen-bond donors (Lipinski definition) is 0. The Balaban J connectivity index is 2.83. The minimum atomic E-state index is 1.98. The van der Waals surface area contributed by atoms with Gasteiger partial charge in [-0.2, -0.15) is 0 Å². The molecule has 2 heteroatoms. The van der Waals surface area contributed by atoms with Crippen molar-refractivity contribution in [2.45, 2.75) is 0 Å². The van der Waals surface area contributed by atoms with Crippen LogP contribution in [-0.4, -0.2) is 0 Å². The van der Waals surface area contributed by atoms with Gasteiger partial charge < -0.3 is 0 Å². The molecule has 0 spiro atoms. The molecule has 0 bridgehead atoms. The fourth-order valence-corrected chi connectivity index (χ4v) is 0. The fourth-order valence-electron chi connectivity index (χ4n) is 0. The van der Waals surface area contributed by atoms with E-state index >= 15 is 0 Å². The molecule has 0 aromatic carbocycles. The fraction of sp³-hybridized carbons (Fsp3) is 0. The SMILES string of the molecule is [XeH]C#C[XeH]. The quantitative estimate of drug-likeness (QED) is 0.526. The molecule has 0 aromatic heterocycles. The Hall–Kier alpha value is 2.70. The summed E-state index contributed by atoms with van der Waals surface area (Å²) < 4.78 is 5.27. The van der Waals surface area contributed by atoms with Crippen LogP contribution in [0.4, 0.5) is 0 Å². The first-order valence-corrected chi connectivity index (χ1v) is 2.79. The number of rotatable bonds is 0. The van der Waals surface area contributed by atoms with E-state index in [2.05, 4.69) is 0.777 Å². The Morgan fingerprint density at radius 1 is 1.00 bits per heavy atom. The van der Waals surface area contributed by atoms with E-state index in [4.69, 9.17) is 0 Å². The first-order chi connectivity index (χ1) is 1.91. The molecule has 0 aliphatic heterocycles. The molecule has 0 saturated carbocycles. The van der Waals surface area contributed by atoms with Crippen LogP contribution in [0.25, 0.3) is 0 Å². The molecule has 0 heterocycles. The van der Waals surface area contributed by atoms with Crippen molar-refractivity contribution in [1.29, 1.82) is 0 Å². The van der Waals surface area contributed by atoms with E-state index in [0.29, 0.717) is 0 Å². The zero-order chi connectivity index (χ0) is 3.41. The second kappa shape index (κ2) is 5.70. The van der Waals surface area contributed by atoms with E-state index in [1.54, 1.807) is 0 Å². The molecular weight excluding hydrogens is 287 g/mol. The van der Waals surface area contributed by atoms with Crippen molar-refractivity contribution in [2.24, 2.45) is 0 Å². The van der Waals surface area contributed by atoms with Gasteiger partial charge in [0.2, 0.25) is 0 Å². The topological polar surface area (TPSA) is 0 Å². The van der Waals surface area contributed by atoms with Crippen molar-refractivity contribution < 1.29 is 93.1 Å². The van der Waals surface area contributed by atoms with Crippen molar-refractivity contribution in [3.8, 4) is 0.777 Å². The van der Waals surface area contributed by atoms with E-state index in [0.717, 1.165) is 0 Å². The van der Waals surface area contributed by atoms with Gasteiger partial charge in [0.25, 0.3) is 0 Å². The molecule has 0 nitrogen and oxygen atoms in total. The Morgan fingerprint density at radius 3 is 1.25 bits per heavy atom. The maximum atomic E-state index is 2.64. The average molecular weight is 289 g/mol. The first-order valence-electron chi connectivity index (χ1n) is 0.628. The molecule has 0 saturated heterocycles. The Kier molecular flexibility index (Phi) is 9.56. The summed E-state index contributed by atoms with van der Waals surface area (Å²) in [6.07, 6.45) is 0. The Labute approximate surface area is 90.5 Å². The van der Waals surface area contributed by atoms with Crippen LogP contribution in [0, 0.1) is 93.8 Å². The molecule has 0 atom stereocenters. The minimum absolute atomic E-state index is 1.98. The van der Waals surface area contributed by atoms with Crippen LogP contribution >= 0.6 is 0 Å². The molecule has 26 valence electrons. The molecule has 0 unspecified atom stereocenters. The Bertz CT molecular complexity index is 40.8. The van der Waals surface area contributed by atoms with Crippen molar-refractivity contribution in [3.63, 3.8) is 0 Å². The number of hydrogen-bond acceptors (Lipinski definition) is 0. The second-order valence-corrected chi connectivity index (χ2v) is 1.27. The van der Waals surface area contributed by atoms with Crippen molar-refractivity contribution in [3.05, 3.63) is 0 Å². The van der Waals surface area contributed by atoms with Gasteiger partial charge in [-0.15, -0.1) is 0 Å². The second-order valence-electron chi connectivity index (χ2n) is 0.189. The first kappa shape index (κ1) is 6.70. The van der Waals surface area contributed by atoms with Gasteiger partial charge in [0.05, 0.1) is 0 Å². The summed E-state index contributed by atoms with van der Waals surface area (Å²) in [4.78, 5) is 0. The Morgan fingerprint density at radius 2 is 1.25 bits per heavy atom. The third-order valence-electron chi connectivity index (χ3n) is 0.0357. The molecule has 0 amide bonds. The van der Waals surface area contributed by atoms with Crippen LogP contribution in [0.1, 0.15) is 0 Å². The van der Waals surface area contributed by atoms with Gasteiger partial charge in [0, 0.05) is 0 Å². The zero-order valence-corrected chi connectivity index (χ0v) is 6.07. The summed E-state index contributed by atoms with van der Waals surface area (Å²) in [6, 6.07) is 0. The van der Waals surface area contributed by atoms with Gasteiger partial charge in [-0.3, -0.25) is 0 Å². The van der Waals surface area contributed by atoms with E-state index in [-0.39, 0.29) is 0 Å². The van der Waals surface area contributed by atoms with Gasteiger partial charge in [-0.05, 0) is 0 Å². The third-order valence-corrected chi connectivity index (χ3v) is 1.61. The molecule has 0 aliphatic rings. The van der Waals surface area contributed by atoms with Crippen LogP contribution in [0.5, 0.6) is 0 Å². The van der Waals surface area contributed by atoms with Crippen molar-refractivity contribution in [2.75, 3.05) is 0 Å². The van der Waals surface area contributed by atoms with Gasteiger partial charge >= 0.3 is 93.8 Å². The average Bonchev–Trinajstić information content (AvgIpc) is 1.37. The van der Waals surface area contributed by atoms with E-state index < -0.39 is 0 Å². The van der Waals surface area contributed by atoms with Gasteiger partial charge in [-0.25, -0.2) is 0 Å². The molecule has 0 rings (SSSR count). The molecule has 0 aromatic rings. The maximum absolute atomic E-state index is 2.64. The molecule has 4 heavy (non-hydrogen) atoms. The summed E-state index contributed by atoms with van der Waals surface area (Å²) in [6.45, 7) is 0. The molecule has 0 aliphatic carbocycles. The van der Waals surface area contributed by atoms with Crippen LogP contribution in [0.2, 0.25) is 0 Å². The predicted molar refractivity (Wildman–Crippen MR) is 10.6 cm³/mol. The predicted octanol–water partition coefficient (Wildman–Crippen LogP) is -0.532. The summed E-state index contributed by atoms with van der Waals surface area (Å²) >= 11 is 3.97. The van der Waals surface area contributed by atoms with Crippen LogP contribution < -0.4 is 0 Å². The standard InChI is InChI=1S/C2H2Xe2/c3-1-2-4/h3-4H. The molecule has 0 radical (unpaired) electrons.